The van der Waals surface area contributed by atoms with Gasteiger partial charge in [0.2, 0.25) is 0 Å². The molecule has 0 saturated heterocycles. The summed E-state index contributed by atoms with van der Waals surface area (Å²) in [6.45, 7) is 1.86. The summed E-state index contributed by atoms with van der Waals surface area (Å²) in [5, 5.41) is 14.7. The van der Waals surface area contributed by atoms with E-state index in [1.807, 2.05) is 73.7 Å². The van der Waals surface area contributed by atoms with E-state index in [4.69, 9.17) is 18.6 Å². The van der Waals surface area contributed by atoms with Gasteiger partial charge in [0.05, 0.1) is 5.69 Å². The zero-order valence-corrected chi connectivity index (χ0v) is 17.2. The van der Waals surface area contributed by atoms with Crippen molar-refractivity contribution in [2.75, 3.05) is 0 Å². The first-order valence-electron chi connectivity index (χ1n) is 7.80. The van der Waals surface area contributed by atoms with Crippen LogP contribution in [0.5, 0.6) is 5.75 Å². The average Bonchev–Trinajstić information content (AvgIpc) is 2.66. The van der Waals surface area contributed by atoms with Crippen LogP contribution in [0, 0.1) is 6.92 Å². The molecule has 6 heteroatoms. The van der Waals surface area contributed by atoms with E-state index in [1.54, 1.807) is 12.3 Å². The summed E-state index contributed by atoms with van der Waals surface area (Å²) < 4.78 is 0. The molecule has 1 N–H and O–H groups in total. The molecule has 0 unspecified atom stereocenters. The second-order valence-electron chi connectivity index (χ2n) is 5.28. The molecule has 0 bridgehead atoms. The molecule has 0 fully saturated rings. The van der Waals surface area contributed by atoms with E-state index in [2.05, 4.69) is 10.3 Å². The molecule has 26 heavy (non-hydrogen) atoms. The molecule has 0 heterocycles. The summed E-state index contributed by atoms with van der Waals surface area (Å²) in [7, 11) is 9.78. The molecule has 0 atom stereocenters. The van der Waals surface area contributed by atoms with E-state index in [0.29, 0.717) is 5.69 Å². The molecule has 0 saturated carbocycles. The Balaban J connectivity index is 0.000000758. The van der Waals surface area contributed by atoms with Crippen LogP contribution in [0.25, 0.3) is 5.32 Å². The number of hydrogen-bond donors (Lipinski definition) is 1. The zero-order valence-electron chi connectivity index (χ0n) is 14.1. The Bertz CT molecular complexity index is 857. The van der Waals surface area contributed by atoms with Crippen LogP contribution in [0.4, 0.5) is 17.1 Å². The van der Waals surface area contributed by atoms with Gasteiger partial charge in [-0.3, -0.25) is 4.99 Å². The molecule has 3 rings (SSSR count). The Hall–Kier alpha value is -1.78. The number of aromatic hydroxyl groups is 1. The Morgan fingerprint density at radius 3 is 2.23 bits per heavy atom. The fourth-order valence-corrected chi connectivity index (χ4v) is 2.22. The Labute approximate surface area is 170 Å². The molecule has 0 aliphatic rings. The number of para-hydroxylation sites is 3. The summed E-state index contributed by atoms with van der Waals surface area (Å²) in [4.78, 5) is 4.47. The van der Waals surface area contributed by atoms with Crippen molar-refractivity contribution in [2.45, 2.75) is 6.92 Å². The third kappa shape index (κ3) is 6.19. The van der Waals surface area contributed by atoms with Crippen molar-refractivity contribution in [1.82, 2.24) is 0 Å². The molecule has 132 valence electrons. The molecule has 0 aromatic heterocycles. The third-order valence-electron chi connectivity index (χ3n) is 3.50. The van der Waals surface area contributed by atoms with E-state index in [1.165, 1.54) is 0 Å². The Kier molecular flexibility index (Phi) is 8.72. The number of halogens is 2. The predicted octanol–water partition coefficient (Wildman–Crippen LogP) is 7.16. The van der Waals surface area contributed by atoms with E-state index in [-0.39, 0.29) is 5.75 Å². The first-order valence-corrected chi connectivity index (χ1v) is 12.1. The van der Waals surface area contributed by atoms with Gasteiger partial charge in [-0.2, -0.15) is 0 Å². The molecule has 0 radical (unpaired) electrons. The van der Waals surface area contributed by atoms with E-state index < -0.39 is 17.0 Å². The Morgan fingerprint density at radius 2 is 1.50 bits per heavy atom. The van der Waals surface area contributed by atoms with Crippen LogP contribution in [0.15, 0.2) is 77.8 Å². The zero-order chi connectivity index (χ0) is 18.8. The second-order valence-corrected chi connectivity index (χ2v) is 7.86. The summed E-state index contributed by atoms with van der Waals surface area (Å²) in [5.41, 5.74) is 3.93. The maximum atomic E-state index is 10.1. The molecule has 0 aliphatic carbocycles. The number of phenols is 1. The monoisotopic (exact) mass is 419 g/mol. The number of aryl methyl sites for hydroxylation is 1. The maximum absolute atomic E-state index is 10.1. The molecule has 3 aromatic carbocycles. The van der Waals surface area contributed by atoms with Crippen molar-refractivity contribution in [3.63, 3.8) is 0 Å². The van der Waals surface area contributed by atoms with Gasteiger partial charge in [-0.25, -0.2) is 0 Å². The van der Waals surface area contributed by atoms with Crippen LogP contribution in [0.3, 0.4) is 0 Å². The average molecular weight is 420 g/mol. The van der Waals surface area contributed by atoms with E-state index in [0.717, 1.165) is 22.5 Å². The van der Waals surface area contributed by atoms with Crippen molar-refractivity contribution in [1.29, 1.82) is 0 Å². The summed E-state index contributed by atoms with van der Waals surface area (Å²) >= 11 is -0.556. The quantitative estimate of drug-likeness (QED) is 0.353. The molecular formula is C20H17Cl2N2OTi-. The van der Waals surface area contributed by atoms with Gasteiger partial charge in [0.15, 0.2) is 0 Å². The van der Waals surface area contributed by atoms with Crippen LogP contribution < -0.4 is 0 Å². The van der Waals surface area contributed by atoms with Crippen molar-refractivity contribution in [3.05, 3.63) is 89.2 Å². The third-order valence-corrected chi connectivity index (χ3v) is 3.50. The number of benzene rings is 3. The fraction of sp³-hybridized carbons (Fsp3) is 0.0500. The predicted molar refractivity (Wildman–Crippen MR) is 107 cm³/mol. The number of aliphatic imine (C=N–C) groups is 1. The molecule has 0 aliphatic heterocycles. The molecule has 3 nitrogen and oxygen atoms in total. The van der Waals surface area contributed by atoms with Gasteiger partial charge in [-0.05, 0) is 30.2 Å². The van der Waals surface area contributed by atoms with Crippen LogP contribution >= 0.6 is 18.6 Å². The van der Waals surface area contributed by atoms with Crippen molar-refractivity contribution >= 4 is 41.9 Å². The van der Waals surface area contributed by atoms with Crippen molar-refractivity contribution < 1.29 is 22.1 Å². The Morgan fingerprint density at radius 1 is 0.885 bits per heavy atom. The first kappa shape index (κ1) is 20.5. The van der Waals surface area contributed by atoms with E-state index >= 15 is 0 Å². The first-order chi connectivity index (χ1) is 12.7. The molecule has 3 aromatic rings. The summed E-state index contributed by atoms with van der Waals surface area (Å²) in [5.74, 6) is 0.210. The van der Waals surface area contributed by atoms with Crippen LogP contribution in [-0.4, -0.2) is 11.3 Å². The standard InChI is InChI=1S/C20H17N2O.2ClH.Ti/c1-15-8-7-13-19(20(15)23)22-18-12-6-5-9-16(18)14-21-17-10-3-2-4-11-17;;;/h2-14H,1H3,(H-,21,22,23);2*1H;/q-1;;;+2/p-2. The number of rotatable bonds is 4. The SMILES string of the molecule is Cc1cccc([N-]c2ccccc2C=Nc2ccccc2)c1O.[Cl][Ti][Cl]. The number of hydrogen-bond acceptors (Lipinski definition) is 2. The second kappa shape index (κ2) is 11.0. The van der Waals surface area contributed by atoms with Gasteiger partial charge in [0.1, 0.15) is 5.75 Å². The molecule has 0 spiro atoms. The minimum atomic E-state index is -0.556. The van der Waals surface area contributed by atoms with Crippen LogP contribution in [-0.2, 0) is 17.0 Å². The van der Waals surface area contributed by atoms with Gasteiger partial charge < -0.3 is 10.4 Å². The molecular weight excluding hydrogens is 403 g/mol. The van der Waals surface area contributed by atoms with Gasteiger partial charge in [0, 0.05) is 6.21 Å². The normalized spacial score (nSPS) is 10.1. The number of nitrogens with zero attached hydrogens (tertiary/aromatic N) is 2. The van der Waals surface area contributed by atoms with Gasteiger partial charge >= 0.3 is 35.6 Å². The summed E-state index contributed by atoms with van der Waals surface area (Å²) in [6.07, 6.45) is 1.79. The number of phenolic OH excluding ortho intramolecular Hbond substituents is 1. The van der Waals surface area contributed by atoms with Crippen molar-refractivity contribution in [2.24, 2.45) is 4.99 Å². The summed E-state index contributed by atoms with van der Waals surface area (Å²) in [6, 6.07) is 23.0. The van der Waals surface area contributed by atoms with Gasteiger partial charge in [-0.15, -0.1) is 5.69 Å². The van der Waals surface area contributed by atoms with Gasteiger partial charge in [0.25, 0.3) is 0 Å². The molecule has 0 amide bonds. The van der Waals surface area contributed by atoms with Crippen LogP contribution in [0.2, 0.25) is 0 Å². The minimum absolute atomic E-state index is 0.210. The van der Waals surface area contributed by atoms with E-state index in [9.17, 15) is 5.11 Å². The van der Waals surface area contributed by atoms with Gasteiger partial charge in [-0.1, -0.05) is 66.4 Å². The topological polar surface area (TPSA) is 46.7 Å². The fourth-order valence-electron chi connectivity index (χ4n) is 2.22. The van der Waals surface area contributed by atoms with Crippen LogP contribution in [0.1, 0.15) is 11.1 Å². The van der Waals surface area contributed by atoms with Crippen molar-refractivity contribution in [3.8, 4) is 5.75 Å².